The minimum atomic E-state index is 0.0662. The molecule has 0 aliphatic heterocycles. The molecule has 0 saturated heterocycles. The van der Waals surface area contributed by atoms with E-state index in [1.54, 1.807) is 45.0 Å². The Morgan fingerprint density at radius 3 is 2.41 bits per heavy atom. The van der Waals surface area contributed by atoms with Gasteiger partial charge in [-0.05, 0) is 19.1 Å². The molecule has 146 valence electrons. The minimum Gasteiger partial charge on any atom is -0.496 e. The van der Waals surface area contributed by atoms with Crippen molar-refractivity contribution in [2.75, 3.05) is 34.1 Å². The number of ether oxygens (including phenoxy) is 3. The summed E-state index contributed by atoms with van der Waals surface area (Å²) in [6.07, 6.45) is 0. The highest BCUT2D eigenvalue weighted by molar-refractivity contribution is 7.99. The third-order valence-electron chi connectivity index (χ3n) is 4.24. The fourth-order valence-corrected chi connectivity index (χ4v) is 3.74. The quantitative estimate of drug-likeness (QED) is 0.651. The molecule has 0 bridgehead atoms. The van der Waals surface area contributed by atoms with E-state index in [2.05, 4.69) is 6.07 Å². The Bertz CT molecular complexity index is 779. The number of para-hydroxylation sites is 1. The smallest absolute Gasteiger partial charge is 0.232 e. The molecular weight excluding hydrogens is 362 g/mol. The largest absolute Gasteiger partial charge is 0.496 e. The summed E-state index contributed by atoms with van der Waals surface area (Å²) in [5.74, 6) is 3.38. The number of benzene rings is 2. The molecule has 6 heteroatoms. The fourth-order valence-electron chi connectivity index (χ4n) is 2.80. The zero-order valence-electron chi connectivity index (χ0n) is 16.6. The van der Waals surface area contributed by atoms with E-state index in [0.29, 0.717) is 23.8 Å². The maximum Gasteiger partial charge on any atom is 0.232 e. The third kappa shape index (κ3) is 5.57. The average molecular weight is 390 g/mol. The van der Waals surface area contributed by atoms with E-state index in [1.165, 1.54) is 5.56 Å². The number of nitrogens with zero attached hydrogens (tertiary/aromatic N) is 1. The SMILES string of the molecule is COc1ccc(C)cc1CSCC(=O)N(C)Cc1cccc(OC)c1OC. The van der Waals surface area contributed by atoms with Gasteiger partial charge in [-0.25, -0.2) is 0 Å². The second-order valence-corrected chi connectivity index (χ2v) is 7.20. The van der Waals surface area contributed by atoms with Gasteiger partial charge in [0, 0.05) is 30.5 Å². The number of carbonyl (C=O) groups is 1. The molecule has 0 aliphatic carbocycles. The number of amides is 1. The molecule has 2 rings (SSSR count). The van der Waals surface area contributed by atoms with Crippen LogP contribution in [0, 0.1) is 6.92 Å². The van der Waals surface area contributed by atoms with Gasteiger partial charge in [0.15, 0.2) is 11.5 Å². The van der Waals surface area contributed by atoms with E-state index in [1.807, 2.05) is 37.3 Å². The summed E-state index contributed by atoms with van der Waals surface area (Å²) in [6, 6.07) is 11.8. The number of rotatable bonds is 9. The molecular formula is C21H27NO4S. The molecule has 0 saturated carbocycles. The van der Waals surface area contributed by atoms with E-state index >= 15 is 0 Å². The Labute approximate surface area is 165 Å². The van der Waals surface area contributed by atoms with Crippen molar-refractivity contribution in [2.24, 2.45) is 0 Å². The summed E-state index contributed by atoms with van der Waals surface area (Å²) < 4.78 is 16.2. The van der Waals surface area contributed by atoms with E-state index in [-0.39, 0.29) is 5.91 Å². The molecule has 0 unspecified atom stereocenters. The van der Waals surface area contributed by atoms with Gasteiger partial charge >= 0.3 is 0 Å². The molecule has 2 aromatic rings. The van der Waals surface area contributed by atoms with Gasteiger partial charge < -0.3 is 19.1 Å². The van der Waals surface area contributed by atoms with E-state index in [0.717, 1.165) is 22.6 Å². The zero-order valence-corrected chi connectivity index (χ0v) is 17.4. The van der Waals surface area contributed by atoms with Gasteiger partial charge in [-0.15, -0.1) is 11.8 Å². The molecule has 2 aromatic carbocycles. The molecule has 0 N–H and O–H groups in total. The van der Waals surface area contributed by atoms with E-state index in [4.69, 9.17) is 14.2 Å². The van der Waals surface area contributed by atoms with Crippen LogP contribution in [0.25, 0.3) is 0 Å². The zero-order chi connectivity index (χ0) is 19.8. The molecule has 27 heavy (non-hydrogen) atoms. The van der Waals surface area contributed by atoms with Crippen LogP contribution in [-0.2, 0) is 17.1 Å². The molecule has 0 atom stereocenters. The second kappa shape index (κ2) is 10.1. The summed E-state index contributed by atoms with van der Waals surface area (Å²) in [5, 5.41) is 0. The number of hydrogen-bond acceptors (Lipinski definition) is 5. The van der Waals surface area contributed by atoms with Crippen molar-refractivity contribution < 1.29 is 19.0 Å². The molecule has 0 spiro atoms. The highest BCUT2D eigenvalue weighted by Gasteiger charge is 2.15. The average Bonchev–Trinajstić information content (AvgIpc) is 2.67. The maximum absolute atomic E-state index is 12.5. The van der Waals surface area contributed by atoms with Gasteiger partial charge in [-0.3, -0.25) is 4.79 Å². The standard InChI is InChI=1S/C21H27NO4S/c1-15-9-10-18(24-3)17(11-15)13-27-14-20(23)22(2)12-16-7-6-8-19(25-4)21(16)26-5/h6-11H,12-14H2,1-5H3. The van der Waals surface area contributed by atoms with Crippen molar-refractivity contribution in [2.45, 2.75) is 19.2 Å². The van der Waals surface area contributed by atoms with Crippen molar-refractivity contribution in [3.8, 4) is 17.2 Å². The Morgan fingerprint density at radius 1 is 1.00 bits per heavy atom. The van der Waals surface area contributed by atoms with Crippen LogP contribution >= 0.6 is 11.8 Å². The van der Waals surface area contributed by atoms with Crippen molar-refractivity contribution in [3.63, 3.8) is 0 Å². The Hall–Kier alpha value is -2.34. The van der Waals surface area contributed by atoms with Crippen molar-refractivity contribution in [1.82, 2.24) is 4.90 Å². The highest BCUT2D eigenvalue weighted by Crippen LogP contribution is 2.31. The first kappa shape index (κ1) is 21.0. The molecule has 0 heterocycles. The summed E-state index contributed by atoms with van der Waals surface area (Å²) in [5.41, 5.74) is 3.20. The molecule has 0 fully saturated rings. The fraction of sp³-hybridized carbons (Fsp3) is 0.381. The number of thioether (sulfide) groups is 1. The van der Waals surface area contributed by atoms with E-state index < -0.39 is 0 Å². The highest BCUT2D eigenvalue weighted by atomic mass is 32.2. The number of methoxy groups -OCH3 is 3. The van der Waals surface area contributed by atoms with Crippen LogP contribution in [0.2, 0.25) is 0 Å². The normalized spacial score (nSPS) is 10.4. The van der Waals surface area contributed by atoms with Gasteiger partial charge in [0.2, 0.25) is 5.91 Å². The van der Waals surface area contributed by atoms with E-state index in [9.17, 15) is 4.79 Å². The van der Waals surface area contributed by atoms with Crippen LogP contribution in [-0.4, -0.2) is 44.9 Å². The van der Waals surface area contributed by atoms with Crippen LogP contribution in [0.4, 0.5) is 0 Å². The molecule has 0 aliphatic rings. The lowest BCUT2D eigenvalue weighted by Gasteiger charge is -2.20. The van der Waals surface area contributed by atoms with Crippen LogP contribution in [0.1, 0.15) is 16.7 Å². The Balaban J connectivity index is 1.94. The molecule has 0 aromatic heterocycles. The lowest BCUT2D eigenvalue weighted by Crippen LogP contribution is -2.28. The number of hydrogen-bond donors (Lipinski definition) is 0. The van der Waals surface area contributed by atoms with Crippen LogP contribution in [0.15, 0.2) is 36.4 Å². The topological polar surface area (TPSA) is 48.0 Å². The minimum absolute atomic E-state index is 0.0662. The van der Waals surface area contributed by atoms with Gasteiger partial charge in [0.25, 0.3) is 0 Å². The maximum atomic E-state index is 12.5. The summed E-state index contributed by atoms with van der Waals surface area (Å²) in [7, 11) is 6.68. The van der Waals surface area contributed by atoms with Crippen LogP contribution in [0.3, 0.4) is 0 Å². The van der Waals surface area contributed by atoms with Crippen molar-refractivity contribution in [1.29, 1.82) is 0 Å². The van der Waals surface area contributed by atoms with Crippen LogP contribution < -0.4 is 14.2 Å². The first-order chi connectivity index (χ1) is 13.0. The van der Waals surface area contributed by atoms with Gasteiger partial charge in [-0.1, -0.05) is 29.8 Å². The van der Waals surface area contributed by atoms with Crippen LogP contribution in [0.5, 0.6) is 17.2 Å². The van der Waals surface area contributed by atoms with Gasteiger partial charge in [-0.2, -0.15) is 0 Å². The Morgan fingerprint density at radius 2 is 1.74 bits per heavy atom. The summed E-state index contributed by atoms with van der Waals surface area (Å²) in [4.78, 5) is 14.2. The predicted octanol–water partition coefficient (Wildman–Crippen LogP) is 3.91. The first-order valence-corrected chi connectivity index (χ1v) is 9.80. The number of aryl methyl sites for hydroxylation is 1. The monoisotopic (exact) mass is 389 g/mol. The predicted molar refractivity (Wildman–Crippen MR) is 110 cm³/mol. The third-order valence-corrected chi connectivity index (χ3v) is 5.20. The Kier molecular flexibility index (Phi) is 7.85. The van der Waals surface area contributed by atoms with Gasteiger partial charge in [0.1, 0.15) is 5.75 Å². The molecule has 0 radical (unpaired) electrons. The lowest BCUT2D eigenvalue weighted by atomic mass is 10.1. The second-order valence-electron chi connectivity index (χ2n) is 6.21. The lowest BCUT2D eigenvalue weighted by molar-refractivity contribution is -0.127. The van der Waals surface area contributed by atoms with Crippen molar-refractivity contribution in [3.05, 3.63) is 53.1 Å². The first-order valence-electron chi connectivity index (χ1n) is 8.65. The van der Waals surface area contributed by atoms with Gasteiger partial charge in [0.05, 0.1) is 27.1 Å². The molecule has 1 amide bonds. The summed E-state index contributed by atoms with van der Waals surface area (Å²) >= 11 is 1.58. The molecule has 5 nitrogen and oxygen atoms in total. The van der Waals surface area contributed by atoms with Crippen molar-refractivity contribution >= 4 is 17.7 Å². The summed E-state index contributed by atoms with van der Waals surface area (Å²) in [6.45, 7) is 2.52. The number of carbonyl (C=O) groups excluding carboxylic acids is 1.